The molecule has 2 amide bonds. The van der Waals surface area contributed by atoms with Gasteiger partial charge >= 0.3 is 0 Å². The van der Waals surface area contributed by atoms with Gasteiger partial charge in [0.2, 0.25) is 5.91 Å². The van der Waals surface area contributed by atoms with Gasteiger partial charge in [0.25, 0.3) is 11.8 Å². The molecule has 3 heterocycles. The van der Waals surface area contributed by atoms with Crippen LogP contribution in [0.4, 0.5) is 15.9 Å². The molecule has 0 atom stereocenters. The zero-order valence-corrected chi connectivity index (χ0v) is 23.5. The number of hydrogen-bond donors (Lipinski definition) is 1. The quantitative estimate of drug-likeness (QED) is 0.244. The van der Waals surface area contributed by atoms with Crippen molar-refractivity contribution in [3.63, 3.8) is 0 Å². The average molecular weight is 548 g/mol. The largest absolute Gasteiger partial charge is 0.368 e. The first-order valence-corrected chi connectivity index (χ1v) is 14.7. The summed E-state index contributed by atoms with van der Waals surface area (Å²) < 4.78 is 15.6. The predicted octanol–water partition coefficient (Wildman–Crippen LogP) is 5.73. The van der Waals surface area contributed by atoms with E-state index >= 15 is 0 Å². The molecule has 0 aliphatic carbocycles. The molecule has 5 rings (SSSR count). The van der Waals surface area contributed by atoms with Gasteiger partial charge in [0.1, 0.15) is 5.82 Å². The Labute approximate surface area is 234 Å². The van der Waals surface area contributed by atoms with E-state index in [4.69, 9.17) is 5.10 Å². The van der Waals surface area contributed by atoms with Crippen LogP contribution in [0.25, 0.3) is 10.9 Å². The van der Waals surface area contributed by atoms with Crippen LogP contribution in [0.15, 0.2) is 30.3 Å². The molecule has 1 aromatic heterocycles. The number of benzene rings is 2. The topological polar surface area (TPSA) is 87.5 Å². The van der Waals surface area contributed by atoms with Gasteiger partial charge in [0, 0.05) is 49.7 Å². The number of rotatable bonds is 11. The minimum atomic E-state index is -0.389. The van der Waals surface area contributed by atoms with Crippen LogP contribution in [0.3, 0.4) is 0 Å². The van der Waals surface area contributed by atoms with Gasteiger partial charge in [-0.25, -0.2) is 4.39 Å². The highest BCUT2D eigenvalue weighted by atomic mass is 19.1. The molecule has 8 nitrogen and oxygen atoms in total. The van der Waals surface area contributed by atoms with Crippen LogP contribution < -0.4 is 15.1 Å². The molecule has 0 radical (unpaired) electrons. The van der Waals surface area contributed by atoms with Crippen LogP contribution in [-0.2, 0) is 6.42 Å². The number of amides is 2. The Balaban J connectivity index is 1.29. The van der Waals surface area contributed by atoms with Gasteiger partial charge < -0.3 is 9.80 Å². The first kappa shape index (κ1) is 27.8. The van der Waals surface area contributed by atoms with Gasteiger partial charge in [-0.15, -0.1) is 5.10 Å². The number of halogens is 1. The number of fused-ring (bicyclic) bond motifs is 2. The summed E-state index contributed by atoms with van der Waals surface area (Å²) in [6.07, 6.45) is 8.89. The normalized spacial score (nSPS) is 15.2. The predicted molar refractivity (Wildman–Crippen MR) is 155 cm³/mol. The molecular formula is C31H38FN5O3. The Morgan fingerprint density at radius 1 is 0.900 bits per heavy atom. The molecule has 3 aromatic rings. The number of imide groups is 1. The lowest BCUT2D eigenvalue weighted by Crippen LogP contribution is -2.47. The summed E-state index contributed by atoms with van der Waals surface area (Å²) in [7, 11) is 0. The highest BCUT2D eigenvalue weighted by Crippen LogP contribution is 2.33. The van der Waals surface area contributed by atoms with Crippen LogP contribution in [0.1, 0.15) is 96.3 Å². The second kappa shape index (κ2) is 12.2. The minimum absolute atomic E-state index is 0.104. The van der Waals surface area contributed by atoms with Crippen LogP contribution in [0.2, 0.25) is 0 Å². The van der Waals surface area contributed by atoms with Crippen molar-refractivity contribution in [1.29, 1.82) is 0 Å². The number of aromatic nitrogens is 2. The van der Waals surface area contributed by atoms with Gasteiger partial charge in [0.15, 0.2) is 5.82 Å². The Kier molecular flexibility index (Phi) is 8.47. The van der Waals surface area contributed by atoms with Gasteiger partial charge in [0.05, 0.1) is 16.6 Å². The number of anilines is 2. The minimum Gasteiger partial charge on any atom is -0.368 e. The fraction of sp³-hybridized carbons (Fsp3) is 0.484. The average Bonchev–Trinajstić information content (AvgIpc) is 3.48. The maximum atomic E-state index is 14.2. The first-order valence-electron chi connectivity index (χ1n) is 14.7. The van der Waals surface area contributed by atoms with E-state index in [1.165, 1.54) is 42.5 Å². The number of carbonyl (C=O) groups excluding carboxylic acids is 3. The van der Waals surface area contributed by atoms with E-state index in [9.17, 15) is 18.8 Å². The number of piperazine rings is 1. The van der Waals surface area contributed by atoms with E-state index in [1.807, 2.05) is 13.0 Å². The highest BCUT2D eigenvalue weighted by Gasteiger charge is 2.32. The van der Waals surface area contributed by atoms with Gasteiger partial charge in [-0.1, -0.05) is 52.4 Å². The molecule has 1 saturated heterocycles. The van der Waals surface area contributed by atoms with Crippen molar-refractivity contribution in [2.24, 2.45) is 0 Å². The Hall–Kier alpha value is -3.75. The summed E-state index contributed by atoms with van der Waals surface area (Å²) >= 11 is 0. The fourth-order valence-electron chi connectivity index (χ4n) is 5.97. The molecule has 0 spiro atoms. The molecule has 2 aliphatic rings. The van der Waals surface area contributed by atoms with Crippen LogP contribution >= 0.6 is 0 Å². The summed E-state index contributed by atoms with van der Waals surface area (Å²) in [4.78, 5) is 42.1. The number of unbranched alkanes of at least 4 members (excludes halogenated alkanes) is 6. The molecule has 1 fully saturated rings. The summed E-state index contributed by atoms with van der Waals surface area (Å²) in [5, 5.41) is 7.88. The van der Waals surface area contributed by atoms with Crippen molar-refractivity contribution in [3.8, 4) is 0 Å². The molecule has 40 heavy (non-hydrogen) atoms. The Bertz CT molecular complexity index is 1420. The first-order chi connectivity index (χ1) is 19.4. The smallest absolute Gasteiger partial charge is 0.259 e. The maximum absolute atomic E-state index is 14.2. The third kappa shape index (κ3) is 5.46. The molecule has 2 aromatic carbocycles. The van der Waals surface area contributed by atoms with Crippen molar-refractivity contribution < 1.29 is 18.8 Å². The lowest BCUT2D eigenvalue weighted by atomic mass is 9.97. The number of carbonyl (C=O) groups is 3. The second-order valence-corrected chi connectivity index (χ2v) is 10.8. The summed E-state index contributed by atoms with van der Waals surface area (Å²) in [6.45, 7) is 6.87. The standard InChI is InChI=1S/C31H38FN5O3/c1-3-5-6-7-8-9-10-11-27(38)37-26-20-21(32)12-13-23(26)29(34-37)36-18-16-35(17-19-36)25-15-14-24-28(22(25)4-2)31(40)33-30(24)39/h12-15,20H,3-11,16-19H2,1-2H3,(H,33,39,40). The molecule has 9 heteroatoms. The zero-order chi connectivity index (χ0) is 28.2. The molecule has 0 bridgehead atoms. The second-order valence-electron chi connectivity index (χ2n) is 10.8. The van der Waals surface area contributed by atoms with E-state index in [1.54, 1.807) is 12.1 Å². The Morgan fingerprint density at radius 2 is 1.60 bits per heavy atom. The SMILES string of the molecule is CCCCCCCCCC(=O)n1nc(N2CCN(c3ccc4c(c3CC)C(=O)NC4=O)CC2)c2ccc(F)cc21. The molecule has 212 valence electrons. The van der Waals surface area contributed by atoms with E-state index in [0.717, 1.165) is 35.9 Å². The molecule has 0 saturated carbocycles. The lowest BCUT2D eigenvalue weighted by Gasteiger charge is -2.37. The van der Waals surface area contributed by atoms with E-state index in [-0.39, 0.29) is 23.5 Å². The number of hydrogen-bond acceptors (Lipinski definition) is 6. The molecule has 2 aliphatic heterocycles. The Morgan fingerprint density at radius 3 is 2.33 bits per heavy atom. The molecule has 0 unspecified atom stereocenters. The zero-order valence-electron chi connectivity index (χ0n) is 23.5. The van der Waals surface area contributed by atoms with Gasteiger partial charge in [-0.2, -0.15) is 4.68 Å². The van der Waals surface area contributed by atoms with Crippen molar-refractivity contribution in [2.45, 2.75) is 71.6 Å². The summed E-state index contributed by atoms with van der Waals surface area (Å²) in [6, 6.07) is 8.19. The van der Waals surface area contributed by atoms with Crippen molar-refractivity contribution in [2.75, 3.05) is 36.0 Å². The highest BCUT2D eigenvalue weighted by molar-refractivity contribution is 6.22. The van der Waals surface area contributed by atoms with Crippen LogP contribution in [0, 0.1) is 5.82 Å². The number of nitrogens with one attached hydrogen (secondary N) is 1. The van der Waals surface area contributed by atoms with E-state index in [2.05, 4.69) is 22.0 Å². The number of nitrogens with zero attached hydrogens (tertiary/aromatic N) is 4. The molecule has 1 N–H and O–H groups in total. The fourth-order valence-corrected chi connectivity index (χ4v) is 5.97. The maximum Gasteiger partial charge on any atom is 0.259 e. The van der Waals surface area contributed by atoms with Crippen molar-refractivity contribution >= 4 is 40.1 Å². The van der Waals surface area contributed by atoms with Gasteiger partial charge in [-0.3, -0.25) is 19.7 Å². The van der Waals surface area contributed by atoms with E-state index < -0.39 is 0 Å². The lowest BCUT2D eigenvalue weighted by molar-refractivity contribution is 0.0871. The molecular weight excluding hydrogens is 509 g/mol. The van der Waals surface area contributed by atoms with Gasteiger partial charge in [-0.05, 0) is 42.7 Å². The third-order valence-electron chi connectivity index (χ3n) is 8.11. The monoisotopic (exact) mass is 547 g/mol. The van der Waals surface area contributed by atoms with Crippen molar-refractivity contribution in [1.82, 2.24) is 15.1 Å². The van der Waals surface area contributed by atoms with Crippen LogP contribution in [-0.4, -0.2) is 53.7 Å². The van der Waals surface area contributed by atoms with E-state index in [0.29, 0.717) is 61.5 Å². The van der Waals surface area contributed by atoms with Crippen molar-refractivity contribution in [3.05, 3.63) is 52.8 Å². The summed E-state index contributed by atoms with van der Waals surface area (Å²) in [5.74, 6) is -0.473. The van der Waals surface area contributed by atoms with Crippen LogP contribution in [0.5, 0.6) is 0 Å². The third-order valence-corrected chi connectivity index (χ3v) is 8.11. The summed E-state index contributed by atoms with van der Waals surface area (Å²) in [5.41, 5.74) is 3.28.